The number of carbonyl (C=O) groups is 2. The highest BCUT2D eigenvalue weighted by molar-refractivity contribution is 6.05. The molecule has 6 heteroatoms. The Labute approximate surface area is 111 Å². The Hall–Kier alpha value is -2.08. The number of hydrogen-bond donors (Lipinski definition) is 2. The monoisotopic (exact) mass is 263 g/mol. The molecular formula is C13H17N3O3. The lowest BCUT2D eigenvalue weighted by molar-refractivity contribution is 0.0635. The summed E-state index contributed by atoms with van der Waals surface area (Å²) in [5, 5.41) is 9.14. The van der Waals surface area contributed by atoms with Crippen LogP contribution in [0.1, 0.15) is 20.7 Å². The number of carboxylic acids is 1. The van der Waals surface area contributed by atoms with Gasteiger partial charge in [-0.25, -0.2) is 4.79 Å². The summed E-state index contributed by atoms with van der Waals surface area (Å²) in [6.07, 6.45) is 0. The first kappa shape index (κ1) is 13.4. The van der Waals surface area contributed by atoms with Crippen molar-refractivity contribution in [3.63, 3.8) is 0 Å². The topological polar surface area (TPSA) is 86.9 Å². The second kappa shape index (κ2) is 5.27. The van der Waals surface area contributed by atoms with E-state index < -0.39 is 5.97 Å². The molecule has 19 heavy (non-hydrogen) atoms. The summed E-state index contributed by atoms with van der Waals surface area (Å²) in [6.45, 7) is 2.81. The number of likely N-dealkylation sites (N-methyl/N-ethyl adjacent to an activating group) is 1. The van der Waals surface area contributed by atoms with Crippen LogP contribution in [0.3, 0.4) is 0 Å². The number of rotatable bonds is 2. The number of aromatic carboxylic acids is 1. The number of amides is 1. The molecule has 1 aliphatic rings. The maximum Gasteiger partial charge on any atom is 0.336 e. The first-order chi connectivity index (χ1) is 8.99. The summed E-state index contributed by atoms with van der Waals surface area (Å²) in [7, 11) is 1.99. The number of carboxylic acid groups (broad SMARTS) is 1. The van der Waals surface area contributed by atoms with Gasteiger partial charge in [0.1, 0.15) is 0 Å². The lowest BCUT2D eigenvalue weighted by atomic mass is 10.0. The summed E-state index contributed by atoms with van der Waals surface area (Å²) in [5.74, 6) is -1.38. The lowest BCUT2D eigenvalue weighted by Gasteiger charge is -2.32. The van der Waals surface area contributed by atoms with Gasteiger partial charge in [0, 0.05) is 31.9 Å². The molecule has 1 aromatic carbocycles. The van der Waals surface area contributed by atoms with Crippen molar-refractivity contribution in [1.82, 2.24) is 9.80 Å². The normalized spacial score (nSPS) is 16.4. The van der Waals surface area contributed by atoms with Gasteiger partial charge in [-0.1, -0.05) is 0 Å². The lowest BCUT2D eigenvalue weighted by Crippen LogP contribution is -2.47. The zero-order chi connectivity index (χ0) is 14.0. The summed E-state index contributed by atoms with van der Waals surface area (Å²) in [6, 6.07) is 4.36. The van der Waals surface area contributed by atoms with Crippen LogP contribution in [0.5, 0.6) is 0 Å². The quantitative estimate of drug-likeness (QED) is 0.752. The van der Waals surface area contributed by atoms with Crippen molar-refractivity contribution in [2.75, 3.05) is 39.0 Å². The Morgan fingerprint density at radius 3 is 2.37 bits per heavy atom. The van der Waals surface area contributed by atoms with E-state index in [4.69, 9.17) is 10.8 Å². The zero-order valence-corrected chi connectivity index (χ0v) is 10.8. The van der Waals surface area contributed by atoms with Crippen LogP contribution in [0.15, 0.2) is 18.2 Å². The van der Waals surface area contributed by atoms with Gasteiger partial charge in [0.05, 0.1) is 11.1 Å². The van der Waals surface area contributed by atoms with E-state index in [0.717, 1.165) is 13.1 Å². The molecule has 1 aliphatic heterocycles. The van der Waals surface area contributed by atoms with Crippen molar-refractivity contribution in [2.24, 2.45) is 0 Å². The van der Waals surface area contributed by atoms with Gasteiger partial charge in [-0.05, 0) is 25.2 Å². The van der Waals surface area contributed by atoms with Gasteiger partial charge >= 0.3 is 5.97 Å². The molecule has 0 aromatic heterocycles. The molecule has 0 aliphatic carbocycles. The fourth-order valence-corrected chi connectivity index (χ4v) is 2.11. The minimum Gasteiger partial charge on any atom is -0.478 e. The fraction of sp³-hybridized carbons (Fsp3) is 0.385. The number of nitrogens with two attached hydrogens (primary N) is 1. The van der Waals surface area contributed by atoms with E-state index in [-0.39, 0.29) is 17.0 Å². The van der Waals surface area contributed by atoms with Crippen molar-refractivity contribution < 1.29 is 14.7 Å². The summed E-state index contributed by atoms with van der Waals surface area (Å²) < 4.78 is 0. The molecular weight excluding hydrogens is 246 g/mol. The number of nitrogens with zero attached hydrogens (tertiary/aromatic N) is 2. The summed E-state index contributed by atoms with van der Waals surface area (Å²) in [5.41, 5.74) is 6.07. The standard InChI is InChI=1S/C13H17N3O3/c1-15-4-6-16(7-5-15)12(17)10-3-2-9(14)8-11(10)13(18)19/h2-3,8H,4-7,14H2,1H3,(H,18,19). The first-order valence-corrected chi connectivity index (χ1v) is 6.09. The van der Waals surface area contributed by atoms with Crippen molar-refractivity contribution in [1.29, 1.82) is 0 Å². The number of piperazine rings is 1. The van der Waals surface area contributed by atoms with E-state index in [2.05, 4.69) is 4.90 Å². The van der Waals surface area contributed by atoms with E-state index in [0.29, 0.717) is 18.8 Å². The Balaban J connectivity index is 2.26. The van der Waals surface area contributed by atoms with Gasteiger partial charge in [0.2, 0.25) is 0 Å². The van der Waals surface area contributed by atoms with Crippen LogP contribution in [0, 0.1) is 0 Å². The molecule has 102 valence electrons. The van der Waals surface area contributed by atoms with E-state index in [1.807, 2.05) is 7.05 Å². The molecule has 0 spiro atoms. The summed E-state index contributed by atoms with van der Waals surface area (Å²) in [4.78, 5) is 27.3. The minimum atomic E-state index is -1.13. The molecule has 0 bridgehead atoms. The number of anilines is 1. The SMILES string of the molecule is CN1CCN(C(=O)c2ccc(N)cc2C(=O)O)CC1. The molecule has 0 saturated carbocycles. The molecule has 0 unspecified atom stereocenters. The molecule has 1 amide bonds. The molecule has 6 nitrogen and oxygen atoms in total. The van der Waals surface area contributed by atoms with Gasteiger partial charge in [-0.3, -0.25) is 4.79 Å². The van der Waals surface area contributed by atoms with Crippen LogP contribution in [-0.2, 0) is 0 Å². The van der Waals surface area contributed by atoms with Gasteiger partial charge < -0.3 is 20.6 Å². The highest BCUT2D eigenvalue weighted by Crippen LogP contribution is 2.17. The third kappa shape index (κ3) is 2.85. The summed E-state index contributed by atoms with van der Waals surface area (Å²) >= 11 is 0. The number of carbonyl (C=O) groups excluding carboxylic acids is 1. The first-order valence-electron chi connectivity index (χ1n) is 6.09. The van der Waals surface area contributed by atoms with Crippen molar-refractivity contribution in [3.8, 4) is 0 Å². The third-order valence-electron chi connectivity index (χ3n) is 3.29. The number of nitrogen functional groups attached to an aromatic ring is 1. The van der Waals surface area contributed by atoms with E-state index in [1.165, 1.54) is 12.1 Å². The highest BCUT2D eigenvalue weighted by atomic mass is 16.4. The predicted octanol–water partition coefficient (Wildman–Crippen LogP) is 0.355. The molecule has 1 fully saturated rings. The molecule has 1 heterocycles. The molecule has 3 N–H and O–H groups in total. The second-order valence-electron chi connectivity index (χ2n) is 4.71. The molecule has 1 aromatic rings. The second-order valence-corrected chi connectivity index (χ2v) is 4.71. The Kier molecular flexibility index (Phi) is 3.71. The number of benzene rings is 1. The van der Waals surface area contributed by atoms with Crippen LogP contribution >= 0.6 is 0 Å². The fourth-order valence-electron chi connectivity index (χ4n) is 2.11. The van der Waals surface area contributed by atoms with Gasteiger partial charge in [0.15, 0.2) is 0 Å². The zero-order valence-electron chi connectivity index (χ0n) is 10.8. The van der Waals surface area contributed by atoms with E-state index >= 15 is 0 Å². The maximum atomic E-state index is 12.3. The smallest absolute Gasteiger partial charge is 0.336 e. The average Bonchev–Trinajstić information content (AvgIpc) is 2.38. The molecule has 0 radical (unpaired) electrons. The largest absolute Gasteiger partial charge is 0.478 e. The van der Waals surface area contributed by atoms with Gasteiger partial charge in [-0.15, -0.1) is 0 Å². The van der Waals surface area contributed by atoms with Crippen molar-refractivity contribution in [3.05, 3.63) is 29.3 Å². The van der Waals surface area contributed by atoms with Crippen LogP contribution in [-0.4, -0.2) is 60.0 Å². The highest BCUT2D eigenvalue weighted by Gasteiger charge is 2.24. The van der Waals surface area contributed by atoms with E-state index in [1.54, 1.807) is 11.0 Å². The van der Waals surface area contributed by atoms with Gasteiger partial charge in [-0.2, -0.15) is 0 Å². The number of hydrogen-bond acceptors (Lipinski definition) is 4. The van der Waals surface area contributed by atoms with Crippen molar-refractivity contribution >= 4 is 17.6 Å². The van der Waals surface area contributed by atoms with Crippen molar-refractivity contribution in [2.45, 2.75) is 0 Å². The van der Waals surface area contributed by atoms with E-state index in [9.17, 15) is 9.59 Å². The third-order valence-corrected chi connectivity index (χ3v) is 3.29. The van der Waals surface area contributed by atoms with Crippen LogP contribution in [0.25, 0.3) is 0 Å². The molecule has 1 saturated heterocycles. The predicted molar refractivity (Wildman–Crippen MR) is 71.2 cm³/mol. The molecule has 0 atom stereocenters. The Morgan fingerprint density at radius 2 is 1.79 bits per heavy atom. The average molecular weight is 263 g/mol. The maximum absolute atomic E-state index is 12.3. The Morgan fingerprint density at radius 1 is 1.16 bits per heavy atom. The minimum absolute atomic E-state index is 0.0380. The van der Waals surface area contributed by atoms with Crippen LogP contribution in [0.4, 0.5) is 5.69 Å². The van der Waals surface area contributed by atoms with Crippen LogP contribution in [0.2, 0.25) is 0 Å². The van der Waals surface area contributed by atoms with Crippen LogP contribution < -0.4 is 5.73 Å². The molecule has 2 rings (SSSR count). The Bertz CT molecular complexity index is 508. The van der Waals surface area contributed by atoms with Gasteiger partial charge in [0.25, 0.3) is 5.91 Å².